The molecular formula is C13H19ClN2O2. The molecule has 0 saturated heterocycles. The summed E-state index contributed by atoms with van der Waals surface area (Å²) in [5, 5.41) is 2.78. The Kier molecular flexibility index (Phi) is 6.12. The summed E-state index contributed by atoms with van der Waals surface area (Å²) in [7, 11) is 0. The van der Waals surface area contributed by atoms with Crippen molar-refractivity contribution in [3.63, 3.8) is 0 Å². The monoisotopic (exact) mass is 270 g/mol. The van der Waals surface area contributed by atoms with Gasteiger partial charge in [0.05, 0.1) is 6.61 Å². The van der Waals surface area contributed by atoms with Crippen LogP contribution in [-0.2, 0) is 16.1 Å². The highest BCUT2D eigenvalue weighted by molar-refractivity contribution is 5.91. The molecule has 1 fully saturated rings. The number of carbonyl (C=O) groups excluding carboxylic acids is 1. The van der Waals surface area contributed by atoms with Crippen molar-refractivity contribution in [3.05, 3.63) is 29.8 Å². The van der Waals surface area contributed by atoms with E-state index in [1.54, 1.807) is 0 Å². The van der Waals surface area contributed by atoms with Gasteiger partial charge in [-0.05, 0) is 36.5 Å². The zero-order valence-electron chi connectivity index (χ0n) is 10.2. The standard InChI is InChI=1S/C13H18N2O2.ClH/c14-7-10-3-5-12(6-4-10)15-13(16)9-17-8-11-1-2-11;/h3-6,11H,1-2,7-9,14H2,(H,15,16);1H. The number of amides is 1. The van der Waals surface area contributed by atoms with E-state index in [0.717, 1.165) is 11.3 Å². The van der Waals surface area contributed by atoms with Crippen LogP contribution in [0.2, 0.25) is 0 Å². The molecule has 18 heavy (non-hydrogen) atoms. The number of hydrogen-bond donors (Lipinski definition) is 2. The Labute approximate surface area is 113 Å². The van der Waals surface area contributed by atoms with E-state index in [9.17, 15) is 4.79 Å². The molecule has 0 atom stereocenters. The van der Waals surface area contributed by atoms with Crippen LogP contribution in [-0.4, -0.2) is 19.1 Å². The van der Waals surface area contributed by atoms with Gasteiger partial charge in [0, 0.05) is 12.2 Å². The van der Waals surface area contributed by atoms with Crippen molar-refractivity contribution in [1.82, 2.24) is 0 Å². The predicted molar refractivity (Wildman–Crippen MR) is 73.8 cm³/mol. The molecule has 1 aromatic rings. The molecule has 3 N–H and O–H groups in total. The van der Waals surface area contributed by atoms with Gasteiger partial charge in [-0.3, -0.25) is 4.79 Å². The molecule has 0 spiro atoms. The van der Waals surface area contributed by atoms with E-state index in [1.807, 2.05) is 24.3 Å². The van der Waals surface area contributed by atoms with Crippen LogP contribution < -0.4 is 11.1 Å². The summed E-state index contributed by atoms with van der Waals surface area (Å²) < 4.78 is 5.30. The summed E-state index contributed by atoms with van der Waals surface area (Å²) in [5.41, 5.74) is 7.32. The van der Waals surface area contributed by atoms with E-state index in [2.05, 4.69) is 5.32 Å². The van der Waals surface area contributed by atoms with Crippen molar-refractivity contribution >= 4 is 24.0 Å². The first-order chi connectivity index (χ1) is 8.28. The Morgan fingerprint density at radius 1 is 1.33 bits per heavy atom. The number of anilines is 1. The van der Waals surface area contributed by atoms with Crippen LogP contribution in [0.3, 0.4) is 0 Å². The lowest BCUT2D eigenvalue weighted by molar-refractivity contribution is -0.120. The molecule has 1 amide bonds. The van der Waals surface area contributed by atoms with E-state index < -0.39 is 0 Å². The van der Waals surface area contributed by atoms with E-state index >= 15 is 0 Å². The van der Waals surface area contributed by atoms with Gasteiger partial charge >= 0.3 is 0 Å². The average molecular weight is 271 g/mol. The minimum absolute atomic E-state index is 0. The highest BCUT2D eigenvalue weighted by Crippen LogP contribution is 2.28. The largest absolute Gasteiger partial charge is 0.371 e. The third-order valence-electron chi connectivity index (χ3n) is 2.76. The highest BCUT2D eigenvalue weighted by atomic mass is 35.5. The molecule has 5 heteroatoms. The highest BCUT2D eigenvalue weighted by Gasteiger charge is 2.21. The molecular weight excluding hydrogens is 252 g/mol. The second kappa shape index (κ2) is 7.36. The Hall–Kier alpha value is -1.10. The number of rotatable bonds is 6. The Bertz CT molecular complexity index is 377. The fraction of sp³-hybridized carbons (Fsp3) is 0.462. The number of ether oxygens (including phenoxy) is 1. The van der Waals surface area contributed by atoms with Crippen molar-refractivity contribution in [2.45, 2.75) is 19.4 Å². The fourth-order valence-electron chi connectivity index (χ4n) is 1.52. The van der Waals surface area contributed by atoms with Gasteiger partial charge in [-0.25, -0.2) is 0 Å². The van der Waals surface area contributed by atoms with Gasteiger partial charge < -0.3 is 15.8 Å². The second-order valence-electron chi connectivity index (χ2n) is 4.41. The quantitative estimate of drug-likeness (QED) is 0.830. The minimum Gasteiger partial charge on any atom is -0.371 e. The number of nitrogens with one attached hydrogen (secondary N) is 1. The van der Waals surface area contributed by atoms with Gasteiger partial charge in [0.25, 0.3) is 0 Å². The van der Waals surface area contributed by atoms with Crippen LogP contribution in [0, 0.1) is 5.92 Å². The Morgan fingerprint density at radius 2 is 2.00 bits per heavy atom. The Balaban J connectivity index is 0.00000162. The third-order valence-corrected chi connectivity index (χ3v) is 2.76. The maximum atomic E-state index is 11.5. The van der Waals surface area contributed by atoms with E-state index in [1.165, 1.54) is 12.8 Å². The maximum absolute atomic E-state index is 11.5. The van der Waals surface area contributed by atoms with Crippen LogP contribution in [0.15, 0.2) is 24.3 Å². The maximum Gasteiger partial charge on any atom is 0.250 e. The molecule has 4 nitrogen and oxygen atoms in total. The van der Waals surface area contributed by atoms with Crippen molar-refractivity contribution < 1.29 is 9.53 Å². The summed E-state index contributed by atoms with van der Waals surface area (Å²) in [5.74, 6) is 0.581. The molecule has 0 aromatic heterocycles. The van der Waals surface area contributed by atoms with Crippen LogP contribution in [0.5, 0.6) is 0 Å². The first-order valence-corrected chi connectivity index (χ1v) is 5.94. The van der Waals surface area contributed by atoms with Crippen LogP contribution in [0.25, 0.3) is 0 Å². The predicted octanol–water partition coefficient (Wildman–Crippen LogP) is 1.93. The number of carbonyl (C=O) groups is 1. The molecule has 1 aliphatic rings. The minimum atomic E-state index is -0.105. The van der Waals surface area contributed by atoms with Gasteiger partial charge in [-0.1, -0.05) is 12.1 Å². The molecule has 0 unspecified atom stereocenters. The second-order valence-corrected chi connectivity index (χ2v) is 4.41. The number of halogens is 1. The summed E-state index contributed by atoms with van der Waals surface area (Å²) in [6.45, 7) is 1.35. The number of nitrogens with two attached hydrogens (primary N) is 1. The zero-order valence-corrected chi connectivity index (χ0v) is 11.0. The first kappa shape index (κ1) is 15.0. The molecule has 2 rings (SSSR count). The number of benzene rings is 1. The van der Waals surface area contributed by atoms with Gasteiger partial charge in [-0.2, -0.15) is 0 Å². The van der Waals surface area contributed by atoms with Gasteiger partial charge in [0.1, 0.15) is 6.61 Å². The van der Waals surface area contributed by atoms with Gasteiger partial charge in [0.2, 0.25) is 5.91 Å². The van der Waals surface area contributed by atoms with Gasteiger partial charge in [-0.15, -0.1) is 12.4 Å². The smallest absolute Gasteiger partial charge is 0.250 e. The van der Waals surface area contributed by atoms with Crippen molar-refractivity contribution in [2.75, 3.05) is 18.5 Å². The lowest BCUT2D eigenvalue weighted by Gasteiger charge is -2.06. The average Bonchev–Trinajstić information content (AvgIpc) is 3.14. The van der Waals surface area contributed by atoms with E-state index in [-0.39, 0.29) is 24.9 Å². The molecule has 0 aliphatic heterocycles. The molecule has 0 heterocycles. The topological polar surface area (TPSA) is 64.3 Å². The summed E-state index contributed by atoms with van der Waals surface area (Å²) in [6.07, 6.45) is 2.48. The lowest BCUT2D eigenvalue weighted by Crippen LogP contribution is -2.19. The molecule has 1 saturated carbocycles. The van der Waals surface area contributed by atoms with Crippen LogP contribution in [0.4, 0.5) is 5.69 Å². The fourth-order valence-corrected chi connectivity index (χ4v) is 1.52. The number of hydrogen-bond acceptors (Lipinski definition) is 3. The summed E-state index contributed by atoms with van der Waals surface area (Å²) in [4.78, 5) is 11.5. The zero-order chi connectivity index (χ0) is 12.1. The van der Waals surface area contributed by atoms with Crippen molar-refractivity contribution in [1.29, 1.82) is 0 Å². The normalized spacial score (nSPS) is 13.8. The third kappa shape index (κ3) is 5.04. The SMILES string of the molecule is Cl.NCc1ccc(NC(=O)COCC2CC2)cc1. The Morgan fingerprint density at radius 3 is 2.56 bits per heavy atom. The van der Waals surface area contributed by atoms with E-state index in [4.69, 9.17) is 10.5 Å². The molecule has 1 aromatic carbocycles. The molecule has 100 valence electrons. The lowest BCUT2D eigenvalue weighted by atomic mass is 10.2. The van der Waals surface area contributed by atoms with Crippen LogP contribution >= 0.6 is 12.4 Å². The first-order valence-electron chi connectivity index (χ1n) is 5.94. The van der Waals surface area contributed by atoms with E-state index in [0.29, 0.717) is 19.1 Å². The molecule has 0 bridgehead atoms. The van der Waals surface area contributed by atoms with Gasteiger partial charge in [0.15, 0.2) is 0 Å². The summed E-state index contributed by atoms with van der Waals surface area (Å²) >= 11 is 0. The molecule has 0 radical (unpaired) electrons. The van der Waals surface area contributed by atoms with Crippen molar-refractivity contribution in [3.8, 4) is 0 Å². The van der Waals surface area contributed by atoms with Crippen molar-refractivity contribution in [2.24, 2.45) is 11.7 Å². The summed E-state index contributed by atoms with van der Waals surface area (Å²) in [6, 6.07) is 7.50. The molecule has 1 aliphatic carbocycles. The van der Waals surface area contributed by atoms with Crippen LogP contribution in [0.1, 0.15) is 18.4 Å².